The molecule has 3 aliphatic carbocycles. The number of rotatable bonds is 0. The van der Waals surface area contributed by atoms with E-state index in [0.29, 0.717) is 11.7 Å². The molecule has 0 saturated heterocycles. The van der Waals surface area contributed by atoms with E-state index in [1.165, 1.54) is 19.3 Å². The van der Waals surface area contributed by atoms with E-state index < -0.39 is 0 Å². The summed E-state index contributed by atoms with van der Waals surface area (Å²) in [5.41, 5.74) is 0.157. The average Bonchev–Trinajstić information content (AvgIpc) is 2.26. The Labute approximate surface area is 111 Å². The zero-order chi connectivity index (χ0) is 13.0. The van der Waals surface area contributed by atoms with Crippen LogP contribution in [0, 0.1) is 40.4 Å². The predicted octanol–water partition coefficient (Wildman–Crippen LogP) is 3.82. The Bertz CT molecular complexity index is 431. The minimum atomic E-state index is 0.0592. The van der Waals surface area contributed by atoms with Crippen LogP contribution in [0.5, 0.6) is 0 Å². The zero-order valence-electron chi connectivity index (χ0n) is 11.9. The molecule has 0 amide bonds. The van der Waals surface area contributed by atoms with Gasteiger partial charge in [0.25, 0.3) is 0 Å². The van der Waals surface area contributed by atoms with Gasteiger partial charge in [-0.1, -0.05) is 18.3 Å². The van der Waals surface area contributed by atoms with Crippen LogP contribution in [0.1, 0.15) is 59.3 Å². The van der Waals surface area contributed by atoms with Crippen molar-refractivity contribution in [1.29, 1.82) is 0 Å². The van der Waals surface area contributed by atoms with Gasteiger partial charge in [-0.2, -0.15) is 0 Å². The van der Waals surface area contributed by atoms with E-state index in [9.17, 15) is 4.79 Å². The third-order valence-corrected chi connectivity index (χ3v) is 5.33. The lowest BCUT2D eigenvalue weighted by molar-refractivity contribution is -0.156. The zero-order valence-corrected chi connectivity index (χ0v) is 11.9. The summed E-state index contributed by atoms with van der Waals surface area (Å²) < 4.78 is 0. The molecule has 0 aromatic rings. The van der Waals surface area contributed by atoms with Crippen molar-refractivity contribution in [3.05, 3.63) is 0 Å². The van der Waals surface area contributed by atoms with Crippen LogP contribution in [0.4, 0.5) is 0 Å². The van der Waals surface area contributed by atoms with E-state index in [1.54, 1.807) is 0 Å². The molecular weight excluding hydrogens is 220 g/mol. The number of Topliss-reactive ketones (excluding diaryl/α,β-unsaturated/α-hetero) is 1. The molecule has 18 heavy (non-hydrogen) atoms. The summed E-state index contributed by atoms with van der Waals surface area (Å²) in [6, 6.07) is 0. The van der Waals surface area contributed by atoms with E-state index in [0.717, 1.165) is 25.2 Å². The summed E-state index contributed by atoms with van der Waals surface area (Å²) in [7, 11) is 0. The van der Waals surface area contributed by atoms with Crippen LogP contribution in [-0.2, 0) is 4.79 Å². The van der Waals surface area contributed by atoms with Gasteiger partial charge in [-0.15, -0.1) is 0 Å². The first kappa shape index (κ1) is 12.3. The van der Waals surface area contributed by atoms with Crippen LogP contribution >= 0.6 is 0 Å². The molecule has 4 atom stereocenters. The van der Waals surface area contributed by atoms with E-state index in [1.807, 2.05) is 0 Å². The number of ketones is 1. The highest BCUT2D eigenvalue weighted by molar-refractivity contribution is 5.85. The van der Waals surface area contributed by atoms with Gasteiger partial charge in [-0.25, -0.2) is 0 Å². The summed E-state index contributed by atoms with van der Waals surface area (Å²) >= 11 is 0. The molecule has 3 fully saturated rings. The predicted molar refractivity (Wildman–Crippen MR) is 72.8 cm³/mol. The molecule has 0 heterocycles. The molecule has 3 rings (SSSR count). The topological polar surface area (TPSA) is 17.1 Å². The highest BCUT2D eigenvalue weighted by atomic mass is 16.1. The van der Waals surface area contributed by atoms with Gasteiger partial charge < -0.3 is 0 Å². The number of hydrogen-bond donors (Lipinski definition) is 0. The normalized spacial score (nSPS) is 42.4. The third-order valence-electron chi connectivity index (χ3n) is 5.33. The van der Waals surface area contributed by atoms with E-state index in [2.05, 4.69) is 32.6 Å². The Balaban J connectivity index is 1.98. The highest BCUT2D eigenvalue weighted by Crippen LogP contribution is 2.65. The molecule has 0 radical (unpaired) electrons. The molecule has 1 nitrogen and oxygen atoms in total. The van der Waals surface area contributed by atoms with Crippen molar-refractivity contribution in [3.63, 3.8) is 0 Å². The average molecular weight is 244 g/mol. The monoisotopic (exact) mass is 244 g/mol. The maximum Gasteiger partial charge on any atom is 0.137 e. The van der Waals surface area contributed by atoms with Crippen LogP contribution in [0.15, 0.2) is 0 Å². The summed E-state index contributed by atoms with van der Waals surface area (Å²) in [4.78, 5) is 12.1. The fraction of sp³-hybridized carbons (Fsp3) is 0.824. The van der Waals surface area contributed by atoms with Gasteiger partial charge in [0.1, 0.15) is 5.78 Å². The van der Waals surface area contributed by atoms with Gasteiger partial charge in [0, 0.05) is 23.2 Å². The lowest BCUT2D eigenvalue weighted by Gasteiger charge is -2.61. The molecule has 3 aliphatic rings. The second kappa shape index (κ2) is 3.86. The number of hydrogen-bond acceptors (Lipinski definition) is 1. The number of carbonyl (C=O) groups excluding carboxylic acids is 1. The van der Waals surface area contributed by atoms with E-state index >= 15 is 0 Å². The lowest BCUT2D eigenvalue weighted by atomic mass is 9.40. The molecule has 0 aromatic carbocycles. The van der Waals surface area contributed by atoms with E-state index in [-0.39, 0.29) is 16.7 Å². The highest BCUT2D eigenvalue weighted by Gasteiger charge is 2.63. The Morgan fingerprint density at radius 2 is 1.89 bits per heavy atom. The molecule has 1 heteroatoms. The van der Waals surface area contributed by atoms with Crippen LogP contribution in [0.3, 0.4) is 0 Å². The number of carbonyl (C=O) groups is 1. The quantitative estimate of drug-likeness (QED) is 0.592. The van der Waals surface area contributed by atoms with Gasteiger partial charge in [0.15, 0.2) is 0 Å². The van der Waals surface area contributed by atoms with Crippen molar-refractivity contribution in [1.82, 2.24) is 0 Å². The van der Waals surface area contributed by atoms with Crippen molar-refractivity contribution in [2.24, 2.45) is 28.6 Å². The first-order valence-corrected chi connectivity index (χ1v) is 7.50. The summed E-state index contributed by atoms with van der Waals surface area (Å²) in [5, 5.41) is 0. The standard InChI is InChI=1S/C17H24O/c1-16(2,3)9-10-17-12-5-4-6-13(17)11-14(17)15(18)8-7-12/h12-14H,4-8,11H2,1-3H3. The Kier molecular flexibility index (Phi) is 2.63. The third kappa shape index (κ3) is 1.65. The van der Waals surface area contributed by atoms with Crippen LogP contribution in [0.2, 0.25) is 0 Å². The largest absolute Gasteiger partial charge is 0.299 e. The first-order chi connectivity index (χ1) is 8.43. The second-order valence-electron chi connectivity index (χ2n) is 7.55. The molecule has 0 N–H and O–H groups in total. The van der Waals surface area contributed by atoms with Crippen molar-refractivity contribution in [3.8, 4) is 11.8 Å². The van der Waals surface area contributed by atoms with Gasteiger partial charge in [-0.05, 0) is 58.3 Å². The van der Waals surface area contributed by atoms with Gasteiger partial charge in [-0.3, -0.25) is 4.79 Å². The summed E-state index contributed by atoms with van der Waals surface area (Å²) in [5.74, 6) is 9.33. The molecule has 0 bridgehead atoms. The first-order valence-electron chi connectivity index (χ1n) is 7.50. The second-order valence-corrected chi connectivity index (χ2v) is 7.55. The fourth-order valence-corrected chi connectivity index (χ4v) is 4.48. The molecule has 4 unspecified atom stereocenters. The fourth-order valence-electron chi connectivity index (χ4n) is 4.48. The Morgan fingerprint density at radius 1 is 1.17 bits per heavy atom. The Hall–Kier alpha value is -0.770. The van der Waals surface area contributed by atoms with Crippen molar-refractivity contribution in [2.45, 2.75) is 59.3 Å². The maximum absolute atomic E-state index is 12.1. The lowest BCUT2D eigenvalue weighted by Crippen LogP contribution is -2.60. The molecular formula is C17H24O. The molecule has 0 aromatic heterocycles. The smallest absolute Gasteiger partial charge is 0.137 e. The minimum absolute atomic E-state index is 0.0592. The van der Waals surface area contributed by atoms with Crippen molar-refractivity contribution >= 4 is 5.78 Å². The van der Waals surface area contributed by atoms with Crippen molar-refractivity contribution in [2.75, 3.05) is 0 Å². The summed E-state index contributed by atoms with van der Waals surface area (Å²) in [6.07, 6.45) is 7.02. The molecule has 98 valence electrons. The van der Waals surface area contributed by atoms with Crippen LogP contribution in [0.25, 0.3) is 0 Å². The van der Waals surface area contributed by atoms with E-state index in [4.69, 9.17) is 0 Å². The van der Waals surface area contributed by atoms with Gasteiger partial charge in [0.2, 0.25) is 0 Å². The van der Waals surface area contributed by atoms with Crippen LogP contribution < -0.4 is 0 Å². The van der Waals surface area contributed by atoms with Gasteiger partial charge in [0.05, 0.1) is 0 Å². The summed E-state index contributed by atoms with van der Waals surface area (Å²) in [6.45, 7) is 6.51. The maximum atomic E-state index is 12.1. The van der Waals surface area contributed by atoms with Crippen molar-refractivity contribution < 1.29 is 4.79 Å². The molecule has 0 spiro atoms. The molecule has 3 saturated carbocycles. The Morgan fingerprint density at radius 3 is 2.61 bits per heavy atom. The van der Waals surface area contributed by atoms with Gasteiger partial charge >= 0.3 is 0 Å². The minimum Gasteiger partial charge on any atom is -0.299 e. The molecule has 0 aliphatic heterocycles. The van der Waals surface area contributed by atoms with Crippen LogP contribution in [-0.4, -0.2) is 5.78 Å². The SMILES string of the molecule is CC(C)(C)C#CC12C3CCCC1CC2C(=O)CC3.